The van der Waals surface area contributed by atoms with E-state index in [1.54, 1.807) is 37.1 Å². The summed E-state index contributed by atoms with van der Waals surface area (Å²) in [6.07, 6.45) is 2.70. The topological polar surface area (TPSA) is 104 Å². The zero-order valence-corrected chi connectivity index (χ0v) is 25.2. The van der Waals surface area contributed by atoms with Gasteiger partial charge in [-0.05, 0) is 92.3 Å². The summed E-state index contributed by atoms with van der Waals surface area (Å²) < 4.78 is 59.0. The van der Waals surface area contributed by atoms with E-state index in [2.05, 4.69) is 0 Å². The highest BCUT2D eigenvalue weighted by Crippen LogP contribution is 2.31. The Morgan fingerprint density at radius 2 is 1.69 bits per heavy atom. The molecule has 0 unspecified atom stereocenters. The maximum absolute atomic E-state index is 14.0. The number of ether oxygens (including phenoxy) is 1. The second-order valence-corrected chi connectivity index (χ2v) is 13.7. The summed E-state index contributed by atoms with van der Waals surface area (Å²) in [5.41, 5.74) is 1.72. The monoisotopic (exact) mass is 606 g/mol. The molecule has 8 nitrogen and oxygen atoms in total. The molecule has 2 aliphatic rings. The molecule has 11 heteroatoms. The highest BCUT2D eigenvalue weighted by molar-refractivity contribution is 7.88. The average molecular weight is 607 g/mol. The molecule has 0 saturated carbocycles. The van der Waals surface area contributed by atoms with Crippen LogP contribution in [0.1, 0.15) is 63.9 Å². The van der Waals surface area contributed by atoms with Crippen molar-refractivity contribution in [2.24, 2.45) is 11.8 Å². The third-order valence-electron chi connectivity index (χ3n) is 8.37. The first-order valence-corrected chi connectivity index (χ1v) is 16.2. The molecule has 4 atom stereocenters. The van der Waals surface area contributed by atoms with Gasteiger partial charge in [0.05, 0.1) is 25.0 Å². The van der Waals surface area contributed by atoms with Crippen molar-refractivity contribution in [2.45, 2.75) is 57.6 Å². The smallest absolute Gasteiger partial charge is 0.254 e. The quantitative estimate of drug-likeness (QED) is 0.388. The number of methoxy groups -OCH3 is 1. The largest absolute Gasteiger partial charge is 0.392 e. The maximum Gasteiger partial charge on any atom is 0.254 e. The summed E-state index contributed by atoms with van der Waals surface area (Å²) in [5.74, 6) is -3.22. The molecule has 0 spiro atoms. The first-order valence-electron chi connectivity index (χ1n) is 14.4. The normalized spacial score (nSPS) is 21.3. The molecule has 1 N–H and O–H groups in total. The molecule has 0 aliphatic carbocycles. The summed E-state index contributed by atoms with van der Waals surface area (Å²) in [6, 6.07) is 8.07. The fourth-order valence-corrected chi connectivity index (χ4v) is 7.27. The molecular weight excluding hydrogens is 566 g/mol. The molecule has 2 aromatic rings. The number of piperidine rings is 1. The van der Waals surface area contributed by atoms with E-state index in [1.807, 2.05) is 0 Å². The number of ketones is 1. The van der Waals surface area contributed by atoms with Crippen LogP contribution in [0.2, 0.25) is 0 Å². The zero-order valence-electron chi connectivity index (χ0n) is 24.4. The van der Waals surface area contributed by atoms with E-state index in [4.69, 9.17) is 4.74 Å². The van der Waals surface area contributed by atoms with Gasteiger partial charge in [0.2, 0.25) is 10.0 Å². The van der Waals surface area contributed by atoms with E-state index in [-0.39, 0.29) is 37.1 Å². The molecule has 230 valence electrons. The van der Waals surface area contributed by atoms with Crippen molar-refractivity contribution in [3.63, 3.8) is 0 Å². The van der Waals surface area contributed by atoms with Gasteiger partial charge in [0.1, 0.15) is 11.6 Å². The number of Topliss-reactive ketones (excluding diaryl/α,β-unsaturated/α-hetero) is 1. The Morgan fingerprint density at radius 3 is 2.36 bits per heavy atom. The summed E-state index contributed by atoms with van der Waals surface area (Å²) in [6.45, 7) is 3.29. The summed E-state index contributed by atoms with van der Waals surface area (Å²) in [4.78, 5) is 28.9. The van der Waals surface area contributed by atoms with Gasteiger partial charge in [-0.2, -0.15) is 0 Å². The van der Waals surface area contributed by atoms with E-state index in [1.165, 1.54) is 16.4 Å². The van der Waals surface area contributed by atoms with Crippen LogP contribution in [0.25, 0.3) is 0 Å². The predicted octanol–water partition coefficient (Wildman–Crippen LogP) is 3.99. The summed E-state index contributed by atoms with van der Waals surface area (Å²) in [7, 11) is -1.88. The van der Waals surface area contributed by atoms with Gasteiger partial charge in [0.15, 0.2) is 5.78 Å². The van der Waals surface area contributed by atoms with E-state index >= 15 is 0 Å². The summed E-state index contributed by atoms with van der Waals surface area (Å²) in [5, 5.41) is 11.5. The van der Waals surface area contributed by atoms with E-state index in [9.17, 15) is 31.9 Å². The van der Waals surface area contributed by atoms with Crippen LogP contribution >= 0.6 is 0 Å². The second-order valence-electron chi connectivity index (χ2n) is 11.7. The third kappa shape index (κ3) is 8.00. The average Bonchev–Trinajstić information content (AvgIpc) is 3.39. The van der Waals surface area contributed by atoms with Crippen molar-refractivity contribution in [3.8, 4) is 0 Å². The molecule has 2 heterocycles. The highest BCUT2D eigenvalue weighted by atomic mass is 32.2. The molecule has 2 aliphatic heterocycles. The lowest BCUT2D eigenvalue weighted by atomic mass is 9.79. The highest BCUT2D eigenvalue weighted by Gasteiger charge is 2.36. The van der Waals surface area contributed by atoms with Crippen molar-refractivity contribution in [1.82, 2.24) is 9.21 Å². The first-order chi connectivity index (χ1) is 19.8. The fraction of sp³-hybridized carbons (Fsp3) is 0.548. The van der Waals surface area contributed by atoms with E-state index in [0.717, 1.165) is 30.7 Å². The van der Waals surface area contributed by atoms with Crippen LogP contribution in [0.15, 0.2) is 36.4 Å². The van der Waals surface area contributed by atoms with Crippen LogP contribution in [-0.2, 0) is 21.2 Å². The number of likely N-dealkylation sites (tertiary alicyclic amines) is 1. The van der Waals surface area contributed by atoms with Crippen molar-refractivity contribution < 1.29 is 36.6 Å². The molecular formula is C31H40F2N2O6S. The Morgan fingerprint density at radius 1 is 1.02 bits per heavy atom. The number of carbonyl (C=O) groups excluding carboxylic acids is 2. The van der Waals surface area contributed by atoms with Gasteiger partial charge in [0, 0.05) is 50.4 Å². The Bertz CT molecular complexity index is 1380. The lowest BCUT2D eigenvalue weighted by Gasteiger charge is -2.36. The number of hydrogen-bond acceptors (Lipinski definition) is 6. The molecule has 4 rings (SSSR count). The van der Waals surface area contributed by atoms with Gasteiger partial charge in [-0.15, -0.1) is 0 Å². The maximum atomic E-state index is 14.0. The number of aliphatic hydroxyl groups is 1. The molecule has 2 aromatic carbocycles. The summed E-state index contributed by atoms with van der Waals surface area (Å²) >= 11 is 0. The number of benzene rings is 2. The van der Waals surface area contributed by atoms with Gasteiger partial charge < -0.3 is 14.7 Å². The van der Waals surface area contributed by atoms with Gasteiger partial charge in [0.25, 0.3) is 5.91 Å². The van der Waals surface area contributed by atoms with Crippen LogP contribution in [0.5, 0.6) is 0 Å². The standard InChI is InChI=1S/C31H40F2N2O6S/c1-20-10-23(15-25(11-20)31(38)35-9-5-7-28(35)19-41-2)29(36)16-24(12-21-13-26(32)17-27(33)14-21)30(37)22-6-4-8-34(18-22)42(3,39)40/h10-11,13-15,17,22,24,28,30,37H,4-9,12,16,18-19H2,1-3H3/t22-,24-,28-,30-/m1/s1. The van der Waals surface area contributed by atoms with Crippen LogP contribution in [0, 0.1) is 30.4 Å². The number of hydrogen-bond donors (Lipinski definition) is 1. The van der Waals surface area contributed by atoms with Crippen molar-refractivity contribution >= 4 is 21.7 Å². The van der Waals surface area contributed by atoms with Crippen molar-refractivity contribution in [3.05, 3.63) is 70.3 Å². The lowest BCUT2D eigenvalue weighted by Crippen LogP contribution is -2.45. The number of carbonyl (C=O) groups is 2. The number of rotatable bonds is 11. The van der Waals surface area contributed by atoms with Crippen molar-refractivity contribution in [2.75, 3.05) is 39.6 Å². The predicted molar refractivity (Wildman–Crippen MR) is 155 cm³/mol. The molecule has 0 aromatic heterocycles. The van der Waals surface area contributed by atoms with E-state index < -0.39 is 39.6 Å². The minimum absolute atomic E-state index is 0.0149. The molecule has 2 saturated heterocycles. The zero-order chi connectivity index (χ0) is 30.6. The van der Waals surface area contributed by atoms with Gasteiger partial charge in [-0.3, -0.25) is 9.59 Å². The minimum atomic E-state index is -3.47. The first kappa shape index (κ1) is 32.2. The number of nitrogens with zero attached hydrogens (tertiary/aromatic N) is 2. The van der Waals surface area contributed by atoms with Crippen LogP contribution in [-0.4, -0.2) is 86.2 Å². The Hall–Kier alpha value is -2.73. The van der Waals surface area contributed by atoms with Gasteiger partial charge >= 0.3 is 0 Å². The van der Waals surface area contributed by atoms with E-state index in [0.29, 0.717) is 49.2 Å². The Balaban J connectivity index is 1.59. The SMILES string of the molecule is COC[C@H]1CCCN1C(=O)c1cc(C)cc(C(=O)C[C@@H](Cc2cc(F)cc(F)c2)[C@H](O)[C@@H]2CCCN(S(C)(=O)=O)C2)c1. The van der Waals surface area contributed by atoms with Gasteiger partial charge in [-0.25, -0.2) is 21.5 Å². The number of halogens is 2. The number of amides is 1. The minimum Gasteiger partial charge on any atom is -0.392 e. The van der Waals surface area contributed by atoms with Gasteiger partial charge in [-0.1, -0.05) is 0 Å². The molecule has 1 amide bonds. The number of aliphatic hydroxyl groups excluding tert-OH is 1. The van der Waals surface area contributed by atoms with Crippen molar-refractivity contribution in [1.29, 1.82) is 0 Å². The fourth-order valence-electron chi connectivity index (χ4n) is 6.34. The lowest BCUT2D eigenvalue weighted by molar-refractivity contribution is 0.0232. The molecule has 0 radical (unpaired) electrons. The molecule has 0 bridgehead atoms. The van der Waals surface area contributed by atoms with Crippen LogP contribution in [0.4, 0.5) is 8.78 Å². The third-order valence-corrected chi connectivity index (χ3v) is 9.64. The van der Waals surface area contributed by atoms with Crippen LogP contribution in [0.3, 0.4) is 0 Å². The second kappa shape index (κ2) is 13.7. The molecule has 42 heavy (non-hydrogen) atoms. The molecule has 2 fully saturated rings. The van der Waals surface area contributed by atoms with Crippen LogP contribution < -0.4 is 0 Å². The Kier molecular flexibility index (Phi) is 10.5. The number of aryl methyl sites for hydroxylation is 1. The number of sulfonamides is 1. The Labute approximate surface area is 246 Å².